The van der Waals surface area contributed by atoms with Crippen LogP contribution in [-0.2, 0) is 14.3 Å². The van der Waals surface area contributed by atoms with Crippen LogP contribution in [0, 0.1) is 0 Å². The molecule has 0 radical (unpaired) electrons. The number of nitrogens with one attached hydrogen (secondary N) is 1. The van der Waals surface area contributed by atoms with Crippen molar-refractivity contribution >= 4 is 11.9 Å². The lowest BCUT2D eigenvalue weighted by Gasteiger charge is -2.22. The first-order valence-corrected chi connectivity index (χ1v) is 24.5. The normalized spacial score (nSPS) is 12.8. The summed E-state index contributed by atoms with van der Waals surface area (Å²) in [5.74, 6) is -0.661. The molecule has 0 aliphatic rings. The van der Waals surface area contributed by atoms with E-state index in [1.165, 1.54) is 205 Å². The Morgan fingerprint density at radius 1 is 0.527 bits per heavy atom. The average molecular weight is 777 g/mol. The minimum atomic E-state index is -0.666. The number of carboxylic acids is 1. The predicted molar refractivity (Wildman–Crippen MR) is 239 cm³/mol. The Labute approximate surface area is 343 Å². The van der Waals surface area contributed by atoms with Gasteiger partial charge in [0.25, 0.3) is 0 Å². The van der Waals surface area contributed by atoms with Crippen LogP contribution >= 0.6 is 0 Å². The Hall–Kier alpha value is -1.40. The summed E-state index contributed by atoms with van der Waals surface area (Å²) < 4.78 is 5.47. The van der Waals surface area contributed by atoms with E-state index < -0.39 is 5.97 Å². The van der Waals surface area contributed by atoms with E-state index in [1.54, 1.807) is 0 Å². The van der Waals surface area contributed by atoms with Crippen LogP contribution in [0.5, 0.6) is 0 Å². The van der Waals surface area contributed by atoms with E-state index in [2.05, 4.69) is 31.3 Å². The molecule has 326 valence electrons. The summed E-state index contributed by atoms with van der Waals surface area (Å²) in [4.78, 5) is 22.6. The van der Waals surface area contributed by atoms with Crippen LogP contribution < -0.4 is 11.1 Å². The van der Waals surface area contributed by atoms with Crippen molar-refractivity contribution in [3.8, 4) is 0 Å². The monoisotopic (exact) mass is 777 g/mol. The molecule has 0 fully saturated rings. The average Bonchev–Trinajstić information content (AvgIpc) is 3.16. The summed E-state index contributed by atoms with van der Waals surface area (Å²) in [6.45, 7) is 6.12. The van der Waals surface area contributed by atoms with Gasteiger partial charge in [-0.15, -0.1) is 0 Å². The third kappa shape index (κ3) is 45.2. The van der Waals surface area contributed by atoms with Crippen molar-refractivity contribution in [2.24, 2.45) is 5.73 Å². The fraction of sp³-hybridized carbons (Fsp3) is 0.918. The molecule has 0 spiro atoms. The third-order valence-electron chi connectivity index (χ3n) is 11.4. The van der Waals surface area contributed by atoms with Gasteiger partial charge in [0.05, 0.1) is 6.61 Å². The lowest BCUT2D eigenvalue weighted by Crippen LogP contribution is -2.43. The minimum Gasteiger partial charge on any atom is -0.481 e. The highest BCUT2D eigenvalue weighted by Gasteiger charge is 2.12. The summed E-state index contributed by atoms with van der Waals surface area (Å²) in [5, 5.41) is 12.4. The van der Waals surface area contributed by atoms with E-state index in [-0.39, 0.29) is 12.0 Å². The third-order valence-corrected chi connectivity index (χ3v) is 11.4. The topological polar surface area (TPSA) is 102 Å². The smallest absolute Gasteiger partial charge is 0.305 e. The zero-order valence-electron chi connectivity index (χ0n) is 37.1. The van der Waals surface area contributed by atoms with E-state index >= 15 is 0 Å². The first-order chi connectivity index (χ1) is 27.0. The largest absolute Gasteiger partial charge is 0.481 e. The molecule has 0 saturated carbocycles. The van der Waals surface area contributed by atoms with Crippen LogP contribution in [-0.4, -0.2) is 42.3 Å². The number of carboxylic acid groups (broad SMARTS) is 1. The van der Waals surface area contributed by atoms with Gasteiger partial charge in [-0.25, -0.2) is 0 Å². The van der Waals surface area contributed by atoms with Gasteiger partial charge in [-0.3, -0.25) is 9.59 Å². The molecule has 0 aromatic rings. The van der Waals surface area contributed by atoms with Crippen molar-refractivity contribution in [1.29, 1.82) is 0 Å². The molecule has 0 saturated heterocycles. The lowest BCUT2D eigenvalue weighted by molar-refractivity contribution is -0.144. The van der Waals surface area contributed by atoms with Crippen LogP contribution in [0.15, 0.2) is 12.2 Å². The maximum atomic E-state index is 12.1. The van der Waals surface area contributed by atoms with Gasteiger partial charge in [0, 0.05) is 24.9 Å². The summed E-state index contributed by atoms with van der Waals surface area (Å²) in [5.41, 5.74) is 6.30. The van der Waals surface area contributed by atoms with Gasteiger partial charge in [0.15, 0.2) is 0 Å². The fourth-order valence-electron chi connectivity index (χ4n) is 7.66. The first-order valence-electron chi connectivity index (χ1n) is 24.5. The summed E-state index contributed by atoms with van der Waals surface area (Å²) in [7, 11) is 0. The minimum absolute atomic E-state index is 0.00475. The molecule has 4 N–H and O–H groups in total. The maximum Gasteiger partial charge on any atom is 0.305 e. The molecular formula is C49H96N2O4. The lowest BCUT2D eigenvalue weighted by atomic mass is 10.0. The van der Waals surface area contributed by atoms with E-state index in [4.69, 9.17) is 15.6 Å². The molecule has 6 nitrogen and oxygen atoms in total. The van der Waals surface area contributed by atoms with Crippen molar-refractivity contribution in [2.75, 3.05) is 13.2 Å². The predicted octanol–water partition coefficient (Wildman–Crippen LogP) is 14.7. The molecule has 0 aromatic carbocycles. The molecule has 6 heteroatoms. The SMILES string of the molecule is CCCCCCCCC=CCCCCCCCCOC(=O)CCCCCCCCCCCCCNC(CCCCCCCCCCCCCC(=O)O)C(C)N. The Morgan fingerprint density at radius 3 is 1.36 bits per heavy atom. The number of nitrogens with two attached hydrogens (primary N) is 1. The highest BCUT2D eigenvalue weighted by Crippen LogP contribution is 2.16. The van der Waals surface area contributed by atoms with E-state index in [0.717, 1.165) is 38.6 Å². The number of carbonyl (C=O) groups excluding carboxylic acids is 1. The summed E-state index contributed by atoms with van der Waals surface area (Å²) in [6, 6.07) is 0.653. The molecular weight excluding hydrogens is 681 g/mol. The number of carbonyl (C=O) groups is 2. The second-order valence-corrected chi connectivity index (χ2v) is 17.0. The second-order valence-electron chi connectivity index (χ2n) is 17.0. The van der Waals surface area contributed by atoms with E-state index in [1.807, 2.05) is 0 Å². The van der Waals surface area contributed by atoms with Gasteiger partial charge in [-0.1, -0.05) is 199 Å². The number of unbranched alkanes of at least 4 members (excludes halogenated alkanes) is 32. The van der Waals surface area contributed by atoms with Crippen LogP contribution in [0.4, 0.5) is 0 Å². The molecule has 2 atom stereocenters. The molecule has 2 unspecified atom stereocenters. The Balaban J connectivity index is 3.38. The highest BCUT2D eigenvalue weighted by atomic mass is 16.5. The molecule has 0 heterocycles. The van der Waals surface area contributed by atoms with E-state index in [9.17, 15) is 9.59 Å². The zero-order valence-corrected chi connectivity index (χ0v) is 37.1. The van der Waals surface area contributed by atoms with Crippen molar-refractivity contribution < 1.29 is 19.4 Å². The number of rotatable bonds is 46. The number of hydrogen-bond donors (Lipinski definition) is 3. The quantitative estimate of drug-likeness (QED) is 0.0323. The molecule has 55 heavy (non-hydrogen) atoms. The number of ether oxygens (including phenoxy) is 1. The number of allylic oxidation sites excluding steroid dienone is 2. The Kier molecular flexibility index (Phi) is 44.2. The fourth-order valence-corrected chi connectivity index (χ4v) is 7.66. The number of aliphatic carboxylic acids is 1. The Bertz CT molecular complexity index is 817. The molecule has 0 aromatic heterocycles. The van der Waals surface area contributed by atoms with Crippen molar-refractivity contribution in [2.45, 2.75) is 276 Å². The molecule has 0 bridgehead atoms. The van der Waals surface area contributed by atoms with Crippen molar-refractivity contribution in [3.05, 3.63) is 12.2 Å². The van der Waals surface area contributed by atoms with Crippen LogP contribution in [0.1, 0.15) is 264 Å². The van der Waals surface area contributed by atoms with Gasteiger partial charge < -0.3 is 20.9 Å². The first kappa shape index (κ1) is 53.6. The van der Waals surface area contributed by atoms with Crippen LogP contribution in [0.25, 0.3) is 0 Å². The Morgan fingerprint density at radius 2 is 0.909 bits per heavy atom. The molecule has 0 aliphatic heterocycles. The van der Waals surface area contributed by atoms with Crippen LogP contribution in [0.2, 0.25) is 0 Å². The van der Waals surface area contributed by atoms with Crippen LogP contribution in [0.3, 0.4) is 0 Å². The summed E-state index contributed by atoms with van der Waals surface area (Å²) in [6.07, 6.45) is 52.6. The zero-order chi connectivity index (χ0) is 40.1. The van der Waals surface area contributed by atoms with Gasteiger partial charge in [0.1, 0.15) is 0 Å². The molecule has 0 aliphatic carbocycles. The molecule has 0 rings (SSSR count). The number of esters is 1. The van der Waals surface area contributed by atoms with Gasteiger partial charge >= 0.3 is 11.9 Å². The standard InChI is InChI=1S/C49H96N2O4/c1-3-4-5-6-7-8-9-10-11-12-13-20-25-30-35-40-45-55-49(54)43-38-33-28-23-18-15-19-24-29-34-39-44-51-47(46(2)50)41-36-31-26-21-16-14-17-22-27-32-37-42-48(52)53/h10-11,46-47,51H,3-9,12-45,50H2,1-2H3,(H,52,53). The maximum absolute atomic E-state index is 12.1. The van der Waals surface area contributed by atoms with Crippen molar-refractivity contribution in [1.82, 2.24) is 5.32 Å². The second kappa shape index (κ2) is 45.3. The van der Waals surface area contributed by atoms with Gasteiger partial charge in [-0.2, -0.15) is 0 Å². The molecule has 0 amide bonds. The van der Waals surface area contributed by atoms with Gasteiger partial charge in [-0.05, 0) is 71.3 Å². The summed E-state index contributed by atoms with van der Waals surface area (Å²) >= 11 is 0. The van der Waals surface area contributed by atoms with Gasteiger partial charge in [0.2, 0.25) is 0 Å². The highest BCUT2D eigenvalue weighted by molar-refractivity contribution is 5.69. The number of hydrogen-bond acceptors (Lipinski definition) is 5. The van der Waals surface area contributed by atoms with Crippen molar-refractivity contribution in [3.63, 3.8) is 0 Å². The van der Waals surface area contributed by atoms with E-state index in [0.29, 0.717) is 25.5 Å².